The third kappa shape index (κ3) is 8.18. The highest BCUT2D eigenvalue weighted by Crippen LogP contribution is 2.08. The Bertz CT molecular complexity index is 83.7. The predicted octanol–water partition coefficient (Wildman–Crippen LogP) is 1.96. The SMILES string of the molecule is CC(C)C[SiH2]OC(C)(C)C. The van der Waals surface area contributed by atoms with Gasteiger partial charge in [-0.15, -0.1) is 0 Å². The molecule has 0 amide bonds. The number of rotatable bonds is 3. The van der Waals surface area contributed by atoms with Gasteiger partial charge in [-0.1, -0.05) is 13.8 Å². The Morgan fingerprint density at radius 3 is 2.10 bits per heavy atom. The molecule has 0 spiro atoms. The second-order valence-electron chi connectivity index (χ2n) is 4.14. The van der Waals surface area contributed by atoms with Crippen molar-refractivity contribution in [1.29, 1.82) is 0 Å². The minimum absolute atomic E-state index is 0.0983. The van der Waals surface area contributed by atoms with Gasteiger partial charge in [-0.05, 0) is 32.7 Å². The summed E-state index contributed by atoms with van der Waals surface area (Å²) in [6.45, 7) is 10.9. The van der Waals surface area contributed by atoms with Crippen molar-refractivity contribution in [3.8, 4) is 0 Å². The molecule has 0 saturated heterocycles. The van der Waals surface area contributed by atoms with Crippen LogP contribution in [0.25, 0.3) is 0 Å². The number of hydrogen-bond donors (Lipinski definition) is 0. The fraction of sp³-hybridized carbons (Fsp3) is 1.00. The highest BCUT2D eigenvalue weighted by Gasteiger charge is 2.09. The Kier molecular flexibility index (Phi) is 4.21. The van der Waals surface area contributed by atoms with Crippen LogP contribution < -0.4 is 0 Å². The van der Waals surface area contributed by atoms with Crippen LogP contribution in [0.5, 0.6) is 0 Å². The van der Waals surface area contributed by atoms with Crippen LogP contribution in [0.3, 0.4) is 0 Å². The van der Waals surface area contributed by atoms with Crippen molar-refractivity contribution in [1.82, 2.24) is 0 Å². The molecule has 0 saturated carbocycles. The smallest absolute Gasteiger partial charge is 0.162 e. The van der Waals surface area contributed by atoms with Gasteiger partial charge in [0.15, 0.2) is 9.76 Å². The molecule has 0 heterocycles. The Hall–Kier alpha value is 0.177. The fourth-order valence-corrected chi connectivity index (χ4v) is 1.80. The van der Waals surface area contributed by atoms with Crippen LogP contribution in [0.2, 0.25) is 6.04 Å². The van der Waals surface area contributed by atoms with E-state index < -0.39 is 0 Å². The van der Waals surface area contributed by atoms with E-state index in [9.17, 15) is 0 Å². The van der Waals surface area contributed by atoms with Gasteiger partial charge in [-0.3, -0.25) is 0 Å². The molecular formula is C8H20OSi. The first-order valence-corrected chi connectivity index (χ1v) is 5.63. The van der Waals surface area contributed by atoms with Crippen molar-refractivity contribution in [2.24, 2.45) is 5.92 Å². The summed E-state index contributed by atoms with van der Waals surface area (Å²) < 4.78 is 5.68. The molecule has 62 valence electrons. The third-order valence-corrected chi connectivity index (χ3v) is 3.69. The average molecular weight is 160 g/mol. The third-order valence-electron chi connectivity index (χ3n) is 1.23. The van der Waals surface area contributed by atoms with E-state index in [4.69, 9.17) is 4.43 Å². The summed E-state index contributed by atoms with van der Waals surface area (Å²) >= 11 is 0. The molecule has 0 aromatic rings. The van der Waals surface area contributed by atoms with Crippen molar-refractivity contribution in [2.75, 3.05) is 0 Å². The molecule has 0 aromatic carbocycles. The van der Waals surface area contributed by atoms with Gasteiger partial charge in [-0.25, -0.2) is 0 Å². The molecule has 2 heteroatoms. The fourth-order valence-electron chi connectivity index (χ4n) is 0.601. The van der Waals surface area contributed by atoms with E-state index in [1.165, 1.54) is 6.04 Å². The molecule has 0 aliphatic rings. The van der Waals surface area contributed by atoms with Crippen LogP contribution >= 0.6 is 0 Å². The van der Waals surface area contributed by atoms with Gasteiger partial charge >= 0.3 is 0 Å². The van der Waals surface area contributed by atoms with E-state index in [-0.39, 0.29) is 15.4 Å². The lowest BCUT2D eigenvalue weighted by Gasteiger charge is -2.20. The zero-order chi connectivity index (χ0) is 8.20. The predicted molar refractivity (Wildman–Crippen MR) is 49.0 cm³/mol. The van der Waals surface area contributed by atoms with Crippen LogP contribution in [0.4, 0.5) is 0 Å². The lowest BCUT2D eigenvalue weighted by atomic mass is 10.2. The molecule has 0 N–H and O–H groups in total. The molecule has 1 nitrogen and oxygen atoms in total. The van der Waals surface area contributed by atoms with Crippen LogP contribution in [0, 0.1) is 5.92 Å². The van der Waals surface area contributed by atoms with Crippen LogP contribution in [0.15, 0.2) is 0 Å². The molecule has 0 bridgehead atoms. The van der Waals surface area contributed by atoms with E-state index in [1.807, 2.05) is 0 Å². The Labute approximate surface area is 67.1 Å². The minimum atomic E-state index is -0.240. The monoisotopic (exact) mass is 160 g/mol. The van der Waals surface area contributed by atoms with Gasteiger partial charge in [0.25, 0.3) is 0 Å². The summed E-state index contributed by atoms with van der Waals surface area (Å²) in [5.41, 5.74) is 0.0983. The summed E-state index contributed by atoms with van der Waals surface area (Å²) in [5.74, 6) is 0.814. The standard InChI is InChI=1S/C8H20OSi/c1-7(2)6-10-9-8(3,4)5/h7H,6,10H2,1-5H3. The molecule has 0 aliphatic heterocycles. The van der Waals surface area contributed by atoms with Crippen molar-refractivity contribution in [3.05, 3.63) is 0 Å². The van der Waals surface area contributed by atoms with Gasteiger partial charge in [0.2, 0.25) is 0 Å². The Balaban J connectivity index is 3.21. The highest BCUT2D eigenvalue weighted by atomic mass is 28.2. The number of hydrogen-bond acceptors (Lipinski definition) is 1. The second-order valence-corrected chi connectivity index (χ2v) is 5.42. The summed E-state index contributed by atoms with van der Waals surface area (Å²) in [5, 5.41) is 0. The molecule has 10 heavy (non-hydrogen) atoms. The first kappa shape index (κ1) is 10.2. The molecule has 0 fully saturated rings. The van der Waals surface area contributed by atoms with Crippen LogP contribution in [0.1, 0.15) is 34.6 Å². The quantitative estimate of drug-likeness (QED) is 0.574. The lowest BCUT2D eigenvalue weighted by molar-refractivity contribution is 0.137. The van der Waals surface area contributed by atoms with Crippen LogP contribution in [-0.4, -0.2) is 15.4 Å². The van der Waals surface area contributed by atoms with Gasteiger partial charge in [0.1, 0.15) is 0 Å². The largest absolute Gasteiger partial charge is 0.419 e. The van der Waals surface area contributed by atoms with E-state index >= 15 is 0 Å². The molecular weight excluding hydrogens is 140 g/mol. The van der Waals surface area contributed by atoms with Crippen molar-refractivity contribution < 1.29 is 4.43 Å². The average Bonchev–Trinajstić information content (AvgIpc) is 1.59. The summed E-state index contributed by atoms with van der Waals surface area (Å²) in [6, 6.07) is 1.30. The zero-order valence-electron chi connectivity index (χ0n) is 7.90. The molecule has 0 aliphatic carbocycles. The van der Waals surface area contributed by atoms with Crippen LogP contribution in [-0.2, 0) is 4.43 Å². The maximum absolute atomic E-state index is 5.68. The Morgan fingerprint density at radius 2 is 1.80 bits per heavy atom. The maximum atomic E-state index is 5.68. The second kappa shape index (κ2) is 4.14. The maximum Gasteiger partial charge on any atom is 0.162 e. The topological polar surface area (TPSA) is 9.23 Å². The van der Waals surface area contributed by atoms with E-state index in [1.54, 1.807) is 0 Å². The van der Waals surface area contributed by atoms with Gasteiger partial charge < -0.3 is 4.43 Å². The van der Waals surface area contributed by atoms with Gasteiger partial charge in [0, 0.05) is 5.60 Å². The van der Waals surface area contributed by atoms with Crippen molar-refractivity contribution >= 4 is 9.76 Å². The summed E-state index contributed by atoms with van der Waals surface area (Å²) in [4.78, 5) is 0. The summed E-state index contributed by atoms with van der Waals surface area (Å²) in [7, 11) is -0.240. The van der Waals surface area contributed by atoms with E-state index in [0.717, 1.165) is 5.92 Å². The molecule has 0 aromatic heterocycles. The van der Waals surface area contributed by atoms with E-state index in [2.05, 4.69) is 34.6 Å². The first-order chi connectivity index (χ1) is 4.42. The molecule has 0 atom stereocenters. The Morgan fingerprint density at radius 1 is 1.30 bits per heavy atom. The molecule has 0 unspecified atom stereocenters. The van der Waals surface area contributed by atoms with Gasteiger partial charge in [0.05, 0.1) is 0 Å². The molecule has 0 rings (SSSR count). The minimum Gasteiger partial charge on any atom is -0.419 e. The molecule has 0 radical (unpaired) electrons. The van der Waals surface area contributed by atoms with Crippen molar-refractivity contribution in [2.45, 2.75) is 46.3 Å². The van der Waals surface area contributed by atoms with Crippen molar-refractivity contribution in [3.63, 3.8) is 0 Å². The lowest BCUT2D eigenvalue weighted by Crippen LogP contribution is -2.22. The summed E-state index contributed by atoms with van der Waals surface area (Å²) in [6.07, 6.45) is 0. The van der Waals surface area contributed by atoms with Gasteiger partial charge in [-0.2, -0.15) is 0 Å². The van der Waals surface area contributed by atoms with E-state index in [0.29, 0.717) is 0 Å². The zero-order valence-corrected chi connectivity index (χ0v) is 9.31. The normalized spacial score (nSPS) is 13.8. The highest BCUT2D eigenvalue weighted by molar-refractivity contribution is 6.27. The first-order valence-electron chi connectivity index (χ1n) is 4.06.